The molecular formula is C21H21NO4S2. The van der Waals surface area contributed by atoms with Crippen LogP contribution in [0.4, 0.5) is 5.69 Å². The first-order valence-corrected chi connectivity index (χ1v) is 10.8. The summed E-state index contributed by atoms with van der Waals surface area (Å²) < 4.78 is 5.12. The summed E-state index contributed by atoms with van der Waals surface area (Å²) in [5.74, 6) is -1.08. The molecule has 0 spiro atoms. The Kier molecular flexibility index (Phi) is 6.36. The Labute approximate surface area is 172 Å². The Bertz CT molecular complexity index is 914. The number of hydrogen-bond donors (Lipinski definition) is 0. The lowest BCUT2D eigenvalue weighted by molar-refractivity contribution is -0.119. The molecule has 0 saturated carbocycles. The molecule has 0 bridgehead atoms. The average Bonchev–Trinajstić information content (AvgIpc) is 3.27. The number of imide groups is 1. The van der Waals surface area contributed by atoms with Crippen LogP contribution in [0.15, 0.2) is 46.7 Å². The molecule has 0 fully saturated rings. The predicted molar refractivity (Wildman–Crippen MR) is 113 cm³/mol. The van der Waals surface area contributed by atoms with Crippen LogP contribution < -0.4 is 4.90 Å². The first-order valence-electron chi connectivity index (χ1n) is 9.04. The number of ether oxygens (including phenoxy) is 1. The summed E-state index contributed by atoms with van der Waals surface area (Å²) in [5.41, 5.74) is 1.28. The number of thiophene rings is 1. The lowest BCUT2D eigenvalue weighted by atomic mass is 10.2. The smallest absolute Gasteiger partial charge is 0.338 e. The Hall–Kier alpha value is -2.38. The van der Waals surface area contributed by atoms with Gasteiger partial charge >= 0.3 is 5.97 Å². The normalized spacial score (nSPS) is 14.4. The second-order valence-corrected chi connectivity index (χ2v) is 9.01. The fourth-order valence-corrected chi connectivity index (χ4v) is 4.56. The maximum absolute atomic E-state index is 13.1. The molecule has 3 rings (SSSR count). The summed E-state index contributed by atoms with van der Waals surface area (Å²) in [4.78, 5) is 40.6. The molecule has 2 aromatic rings. The number of hydrogen-bond acceptors (Lipinski definition) is 6. The Balaban J connectivity index is 1.91. The van der Waals surface area contributed by atoms with E-state index in [1.165, 1.54) is 28.0 Å². The summed E-state index contributed by atoms with van der Waals surface area (Å²) in [6, 6.07) is 10.1. The minimum absolute atomic E-state index is 0.164. The Morgan fingerprint density at radius 2 is 1.86 bits per heavy atom. The zero-order valence-electron chi connectivity index (χ0n) is 15.9. The highest BCUT2D eigenvalue weighted by atomic mass is 32.2. The standard InChI is InChI=1S/C21H21NO4S2/c1-4-11-26-21(25)14-7-9-15(10-8-14)22-19(23)17(16-6-5-12-27-16)18(20(22)24)28-13(2)3/h5-10,12-13H,4,11H2,1-3H3. The molecule has 2 heterocycles. The van der Waals surface area contributed by atoms with Crippen LogP contribution in [0.5, 0.6) is 0 Å². The maximum Gasteiger partial charge on any atom is 0.338 e. The van der Waals surface area contributed by atoms with Crippen molar-refractivity contribution in [1.29, 1.82) is 0 Å². The van der Waals surface area contributed by atoms with Crippen molar-refractivity contribution in [2.45, 2.75) is 32.4 Å². The van der Waals surface area contributed by atoms with Gasteiger partial charge in [0.15, 0.2) is 0 Å². The number of thioether (sulfide) groups is 1. The third kappa shape index (κ3) is 4.05. The van der Waals surface area contributed by atoms with E-state index < -0.39 is 5.97 Å². The van der Waals surface area contributed by atoms with E-state index in [0.29, 0.717) is 28.3 Å². The lowest BCUT2D eigenvalue weighted by Crippen LogP contribution is -2.31. The Morgan fingerprint density at radius 3 is 2.43 bits per heavy atom. The summed E-state index contributed by atoms with van der Waals surface area (Å²) in [6.45, 7) is 6.25. The van der Waals surface area contributed by atoms with Crippen molar-refractivity contribution in [2.24, 2.45) is 0 Å². The van der Waals surface area contributed by atoms with Crippen molar-refractivity contribution in [2.75, 3.05) is 11.5 Å². The molecule has 0 unspecified atom stereocenters. The first kappa shape index (κ1) is 20.4. The van der Waals surface area contributed by atoms with Crippen molar-refractivity contribution < 1.29 is 19.1 Å². The fraction of sp³-hybridized carbons (Fsp3) is 0.286. The number of carbonyl (C=O) groups is 3. The van der Waals surface area contributed by atoms with Crippen molar-refractivity contribution in [3.05, 3.63) is 57.1 Å². The van der Waals surface area contributed by atoms with Gasteiger partial charge in [-0.2, -0.15) is 0 Å². The average molecular weight is 416 g/mol. The molecule has 28 heavy (non-hydrogen) atoms. The van der Waals surface area contributed by atoms with E-state index in [-0.39, 0.29) is 17.1 Å². The van der Waals surface area contributed by atoms with E-state index in [9.17, 15) is 14.4 Å². The molecule has 7 heteroatoms. The maximum atomic E-state index is 13.1. The highest BCUT2D eigenvalue weighted by Gasteiger charge is 2.40. The Morgan fingerprint density at radius 1 is 1.14 bits per heavy atom. The largest absolute Gasteiger partial charge is 0.462 e. The number of carbonyl (C=O) groups excluding carboxylic acids is 3. The van der Waals surface area contributed by atoms with Gasteiger partial charge in [0.1, 0.15) is 0 Å². The minimum Gasteiger partial charge on any atom is -0.462 e. The van der Waals surface area contributed by atoms with Crippen LogP contribution >= 0.6 is 23.1 Å². The summed E-state index contributed by atoms with van der Waals surface area (Å²) in [5, 5.41) is 2.05. The quantitative estimate of drug-likeness (QED) is 0.483. The molecule has 1 aliphatic rings. The van der Waals surface area contributed by atoms with Crippen molar-refractivity contribution >= 4 is 52.1 Å². The van der Waals surface area contributed by atoms with Gasteiger partial charge in [-0.3, -0.25) is 9.59 Å². The fourth-order valence-electron chi connectivity index (χ4n) is 2.75. The molecule has 5 nitrogen and oxygen atoms in total. The second kappa shape index (κ2) is 8.75. The molecule has 0 atom stereocenters. The van der Waals surface area contributed by atoms with Crippen LogP contribution in [-0.4, -0.2) is 29.6 Å². The third-order valence-corrected chi connectivity index (χ3v) is 5.93. The zero-order valence-corrected chi connectivity index (χ0v) is 17.6. The van der Waals surface area contributed by atoms with Crippen LogP contribution in [-0.2, 0) is 14.3 Å². The van der Waals surface area contributed by atoms with Gasteiger partial charge in [-0.15, -0.1) is 23.1 Å². The summed E-state index contributed by atoms with van der Waals surface area (Å²) >= 11 is 2.83. The van der Waals surface area contributed by atoms with Gasteiger partial charge in [0.2, 0.25) is 0 Å². The van der Waals surface area contributed by atoms with Gasteiger partial charge < -0.3 is 4.74 Å². The highest BCUT2D eigenvalue weighted by Crippen LogP contribution is 2.41. The topological polar surface area (TPSA) is 63.7 Å². The van der Waals surface area contributed by atoms with Gasteiger partial charge in [0.25, 0.3) is 11.8 Å². The van der Waals surface area contributed by atoms with Crippen molar-refractivity contribution in [3.63, 3.8) is 0 Å². The van der Waals surface area contributed by atoms with E-state index in [0.717, 1.165) is 11.3 Å². The van der Waals surface area contributed by atoms with Crippen LogP contribution in [0.2, 0.25) is 0 Å². The minimum atomic E-state index is -0.416. The molecule has 1 aromatic heterocycles. The molecule has 0 N–H and O–H groups in total. The molecule has 0 saturated heterocycles. The van der Waals surface area contributed by atoms with Crippen LogP contribution in [0, 0.1) is 0 Å². The van der Waals surface area contributed by atoms with Crippen LogP contribution in [0.3, 0.4) is 0 Å². The van der Waals surface area contributed by atoms with E-state index in [4.69, 9.17) is 4.74 Å². The number of amides is 2. The number of anilines is 1. The van der Waals surface area contributed by atoms with E-state index in [2.05, 4.69) is 0 Å². The van der Waals surface area contributed by atoms with E-state index >= 15 is 0 Å². The van der Waals surface area contributed by atoms with Gasteiger partial charge in [0, 0.05) is 10.1 Å². The molecule has 0 radical (unpaired) electrons. The predicted octanol–water partition coefficient (Wildman–Crippen LogP) is 4.74. The van der Waals surface area contributed by atoms with Gasteiger partial charge in [-0.1, -0.05) is 26.8 Å². The molecule has 1 aromatic carbocycles. The number of esters is 1. The van der Waals surface area contributed by atoms with Crippen molar-refractivity contribution in [3.8, 4) is 0 Å². The number of rotatable bonds is 7. The van der Waals surface area contributed by atoms with Gasteiger partial charge in [0.05, 0.1) is 28.3 Å². The second-order valence-electron chi connectivity index (χ2n) is 6.48. The molecule has 1 aliphatic heterocycles. The monoisotopic (exact) mass is 415 g/mol. The molecule has 0 aliphatic carbocycles. The molecular weight excluding hydrogens is 394 g/mol. The van der Waals surface area contributed by atoms with E-state index in [1.807, 2.05) is 38.3 Å². The van der Waals surface area contributed by atoms with Crippen LogP contribution in [0.1, 0.15) is 42.4 Å². The zero-order chi connectivity index (χ0) is 20.3. The van der Waals surface area contributed by atoms with Crippen molar-refractivity contribution in [1.82, 2.24) is 0 Å². The third-order valence-electron chi connectivity index (χ3n) is 3.96. The molecule has 146 valence electrons. The molecule has 2 amide bonds. The van der Waals surface area contributed by atoms with Gasteiger partial charge in [-0.05, 0) is 42.1 Å². The summed E-state index contributed by atoms with van der Waals surface area (Å²) in [7, 11) is 0. The highest BCUT2D eigenvalue weighted by molar-refractivity contribution is 8.04. The van der Waals surface area contributed by atoms with E-state index in [1.54, 1.807) is 24.3 Å². The lowest BCUT2D eigenvalue weighted by Gasteiger charge is -2.15. The summed E-state index contributed by atoms with van der Waals surface area (Å²) in [6.07, 6.45) is 0.744. The number of benzene rings is 1. The van der Waals surface area contributed by atoms with Crippen LogP contribution in [0.25, 0.3) is 5.57 Å². The first-order chi connectivity index (χ1) is 13.4. The number of nitrogens with zero attached hydrogens (tertiary/aromatic N) is 1. The SMILES string of the molecule is CCCOC(=O)c1ccc(N2C(=O)C(SC(C)C)=C(c3cccs3)C2=O)cc1. The van der Waals surface area contributed by atoms with Gasteiger partial charge in [-0.25, -0.2) is 9.69 Å².